The zero-order valence-corrected chi connectivity index (χ0v) is 21.3. The summed E-state index contributed by atoms with van der Waals surface area (Å²) in [4.78, 5) is 43.4. The van der Waals surface area contributed by atoms with Gasteiger partial charge < -0.3 is 4.74 Å². The number of carbonyl (C=O) groups excluding carboxylic acids is 3. The summed E-state index contributed by atoms with van der Waals surface area (Å²) in [5, 5.41) is 6.51. The number of methoxy groups -OCH3 is 1. The third kappa shape index (κ3) is 3.05. The molecule has 3 aliphatic rings. The lowest BCUT2D eigenvalue weighted by atomic mass is 9.62. The predicted molar refractivity (Wildman–Crippen MR) is 140 cm³/mol. The van der Waals surface area contributed by atoms with Crippen molar-refractivity contribution in [2.45, 2.75) is 38.8 Å². The zero-order chi connectivity index (χ0) is 26.1. The SMILES string of the molecule is COc1ccc(C2C(C(=O)C(C)(C)C)N3N=Cc4ccccc4C3C23C(=O)c2ccccc2C3=O)cc1. The monoisotopic (exact) mass is 492 g/mol. The van der Waals surface area contributed by atoms with Crippen molar-refractivity contribution >= 4 is 23.6 Å². The van der Waals surface area contributed by atoms with Crippen molar-refractivity contribution in [1.82, 2.24) is 5.01 Å². The molecular formula is C31H28N2O4. The fourth-order valence-electron chi connectivity index (χ4n) is 6.40. The number of carbonyl (C=O) groups is 3. The van der Waals surface area contributed by atoms with Gasteiger partial charge in [-0.05, 0) is 28.8 Å². The fraction of sp³-hybridized carbons (Fsp3) is 0.290. The highest BCUT2D eigenvalue weighted by Crippen LogP contribution is 2.65. The van der Waals surface area contributed by atoms with E-state index in [1.54, 1.807) is 42.6 Å². The highest BCUT2D eigenvalue weighted by Gasteiger charge is 2.73. The number of hydrogen-bond donors (Lipinski definition) is 0. The van der Waals surface area contributed by atoms with Crippen LogP contribution in [0.5, 0.6) is 5.75 Å². The standard InChI is InChI=1S/C31H28N2O4/c1-30(2,3)29(36)25-24(18-13-15-20(37-4)16-14-18)31(27(34)22-11-7-8-12-23(22)28(31)35)26-21-10-6-5-9-19(21)17-32-33(25)26/h5-17,24-26H,1-4H3. The van der Waals surface area contributed by atoms with Gasteiger partial charge in [0.15, 0.2) is 17.3 Å². The summed E-state index contributed by atoms with van der Waals surface area (Å²) in [5.41, 5.74) is 0.947. The summed E-state index contributed by atoms with van der Waals surface area (Å²) >= 11 is 0. The summed E-state index contributed by atoms with van der Waals surface area (Å²) < 4.78 is 5.38. The molecule has 6 heteroatoms. The number of hydrazone groups is 1. The molecule has 186 valence electrons. The van der Waals surface area contributed by atoms with Crippen LogP contribution >= 0.6 is 0 Å². The zero-order valence-electron chi connectivity index (χ0n) is 21.3. The van der Waals surface area contributed by atoms with E-state index in [0.29, 0.717) is 16.9 Å². The third-order valence-corrected chi connectivity index (χ3v) is 8.06. The van der Waals surface area contributed by atoms with E-state index < -0.39 is 28.8 Å². The van der Waals surface area contributed by atoms with Gasteiger partial charge in [-0.3, -0.25) is 19.4 Å². The van der Waals surface area contributed by atoms with Gasteiger partial charge >= 0.3 is 0 Å². The molecule has 1 fully saturated rings. The van der Waals surface area contributed by atoms with Crippen molar-refractivity contribution < 1.29 is 19.1 Å². The molecule has 0 amide bonds. The quantitative estimate of drug-likeness (QED) is 0.468. The maximum absolute atomic E-state index is 14.6. The average Bonchev–Trinajstić information content (AvgIpc) is 3.34. The van der Waals surface area contributed by atoms with Crippen LogP contribution in [0.4, 0.5) is 0 Å². The summed E-state index contributed by atoms with van der Waals surface area (Å²) in [6, 6.07) is 20.5. The van der Waals surface area contributed by atoms with E-state index in [2.05, 4.69) is 0 Å². The largest absolute Gasteiger partial charge is 0.497 e. The van der Waals surface area contributed by atoms with E-state index in [0.717, 1.165) is 16.7 Å². The first-order valence-corrected chi connectivity index (χ1v) is 12.5. The van der Waals surface area contributed by atoms with Crippen molar-refractivity contribution in [2.75, 3.05) is 7.11 Å². The van der Waals surface area contributed by atoms with Crippen LogP contribution in [0.2, 0.25) is 0 Å². The molecule has 2 heterocycles. The molecular weight excluding hydrogens is 464 g/mol. The van der Waals surface area contributed by atoms with Crippen molar-refractivity contribution in [3.05, 3.63) is 101 Å². The Bertz CT molecular complexity index is 1450. The third-order valence-electron chi connectivity index (χ3n) is 8.06. The topological polar surface area (TPSA) is 76.0 Å². The van der Waals surface area contributed by atoms with Crippen LogP contribution < -0.4 is 4.74 Å². The first-order valence-electron chi connectivity index (χ1n) is 12.5. The molecule has 0 bridgehead atoms. The van der Waals surface area contributed by atoms with E-state index in [1.165, 1.54) is 0 Å². The molecule has 1 saturated heterocycles. The van der Waals surface area contributed by atoms with E-state index in [9.17, 15) is 14.4 Å². The molecule has 3 atom stereocenters. The maximum atomic E-state index is 14.6. The second-order valence-corrected chi connectivity index (χ2v) is 11.0. The molecule has 3 aromatic rings. The predicted octanol–water partition coefficient (Wildman–Crippen LogP) is 5.23. The van der Waals surface area contributed by atoms with Gasteiger partial charge in [-0.1, -0.05) is 81.4 Å². The van der Waals surface area contributed by atoms with Gasteiger partial charge in [0, 0.05) is 22.5 Å². The molecule has 0 N–H and O–H groups in total. The molecule has 3 unspecified atom stereocenters. The summed E-state index contributed by atoms with van der Waals surface area (Å²) in [6.07, 6.45) is 1.73. The summed E-state index contributed by atoms with van der Waals surface area (Å²) in [5.74, 6) is -0.655. The van der Waals surface area contributed by atoms with Gasteiger partial charge in [-0.2, -0.15) is 5.10 Å². The Kier molecular flexibility index (Phi) is 5.03. The average molecular weight is 493 g/mol. The number of rotatable bonds is 3. The van der Waals surface area contributed by atoms with Crippen LogP contribution in [-0.4, -0.2) is 41.7 Å². The normalized spacial score (nSPS) is 23.1. The molecule has 1 aliphatic carbocycles. The number of hydrogen-bond acceptors (Lipinski definition) is 6. The lowest BCUT2D eigenvalue weighted by Gasteiger charge is -2.36. The van der Waals surface area contributed by atoms with Gasteiger partial charge in [0.25, 0.3) is 0 Å². The molecule has 6 rings (SSSR count). The second-order valence-electron chi connectivity index (χ2n) is 11.0. The number of ketones is 3. The van der Waals surface area contributed by atoms with Crippen LogP contribution in [0, 0.1) is 10.8 Å². The van der Waals surface area contributed by atoms with Crippen LogP contribution in [0.1, 0.15) is 70.1 Å². The summed E-state index contributed by atoms with van der Waals surface area (Å²) in [7, 11) is 1.59. The Morgan fingerprint density at radius 1 is 0.892 bits per heavy atom. The molecule has 37 heavy (non-hydrogen) atoms. The Morgan fingerprint density at radius 3 is 2.08 bits per heavy atom. The molecule has 0 radical (unpaired) electrons. The minimum Gasteiger partial charge on any atom is -0.497 e. The highest BCUT2D eigenvalue weighted by molar-refractivity contribution is 6.31. The number of nitrogens with zero attached hydrogens (tertiary/aromatic N) is 2. The van der Waals surface area contributed by atoms with Crippen LogP contribution in [-0.2, 0) is 4.79 Å². The van der Waals surface area contributed by atoms with E-state index in [4.69, 9.17) is 9.84 Å². The molecule has 6 nitrogen and oxygen atoms in total. The van der Waals surface area contributed by atoms with Crippen LogP contribution in [0.25, 0.3) is 0 Å². The Balaban J connectivity index is 1.70. The van der Waals surface area contributed by atoms with Gasteiger partial charge in [0.1, 0.15) is 17.2 Å². The van der Waals surface area contributed by atoms with Crippen LogP contribution in [0.3, 0.4) is 0 Å². The first-order chi connectivity index (χ1) is 17.7. The molecule has 1 spiro atoms. The second kappa shape index (κ2) is 7.97. The van der Waals surface area contributed by atoms with E-state index >= 15 is 0 Å². The van der Waals surface area contributed by atoms with Gasteiger partial charge in [-0.25, -0.2) is 0 Å². The van der Waals surface area contributed by atoms with Crippen molar-refractivity contribution in [1.29, 1.82) is 0 Å². The van der Waals surface area contributed by atoms with Crippen molar-refractivity contribution in [3.63, 3.8) is 0 Å². The minimum atomic E-state index is -1.54. The number of benzene rings is 3. The van der Waals surface area contributed by atoms with E-state index in [1.807, 2.05) is 69.3 Å². The fourth-order valence-corrected chi connectivity index (χ4v) is 6.40. The lowest BCUT2D eigenvalue weighted by molar-refractivity contribution is -0.131. The molecule has 0 saturated carbocycles. The van der Waals surface area contributed by atoms with Gasteiger partial charge in [-0.15, -0.1) is 0 Å². The molecule has 2 aliphatic heterocycles. The lowest BCUT2D eigenvalue weighted by Crippen LogP contribution is -2.45. The minimum absolute atomic E-state index is 0.0664. The Morgan fingerprint density at radius 2 is 1.49 bits per heavy atom. The smallest absolute Gasteiger partial charge is 0.180 e. The van der Waals surface area contributed by atoms with Gasteiger partial charge in [0.2, 0.25) is 0 Å². The molecule has 3 aromatic carbocycles. The van der Waals surface area contributed by atoms with Crippen LogP contribution in [0.15, 0.2) is 77.9 Å². The number of fused-ring (bicyclic) bond motifs is 5. The van der Waals surface area contributed by atoms with Crippen molar-refractivity contribution in [2.24, 2.45) is 15.9 Å². The van der Waals surface area contributed by atoms with E-state index in [-0.39, 0.29) is 17.3 Å². The first kappa shape index (κ1) is 23.3. The van der Waals surface area contributed by atoms with Crippen molar-refractivity contribution in [3.8, 4) is 5.75 Å². The van der Waals surface area contributed by atoms with Gasteiger partial charge in [0.05, 0.1) is 19.4 Å². The Labute approximate surface area is 215 Å². The number of ether oxygens (including phenoxy) is 1. The maximum Gasteiger partial charge on any atom is 0.180 e. The molecule has 0 aromatic heterocycles. The summed E-state index contributed by atoms with van der Waals surface area (Å²) in [6.45, 7) is 5.61. The number of Topliss-reactive ketones (excluding diaryl/α,β-unsaturated/α-hetero) is 3. The highest BCUT2D eigenvalue weighted by atomic mass is 16.5. The Hall–Kier alpha value is -4.06.